The maximum atomic E-state index is 13.0. The Hall–Kier alpha value is -2.39. The second-order valence-corrected chi connectivity index (χ2v) is 7.78. The summed E-state index contributed by atoms with van der Waals surface area (Å²) in [6, 6.07) is 5.95. The predicted octanol–water partition coefficient (Wildman–Crippen LogP) is 0.831. The summed E-state index contributed by atoms with van der Waals surface area (Å²) in [6.07, 6.45) is 1.43. The summed E-state index contributed by atoms with van der Waals surface area (Å²) in [4.78, 5) is 28.6. The van der Waals surface area contributed by atoms with Crippen molar-refractivity contribution in [3.63, 3.8) is 0 Å². The van der Waals surface area contributed by atoms with Crippen molar-refractivity contribution in [3.8, 4) is 5.75 Å². The number of esters is 1. The van der Waals surface area contributed by atoms with Gasteiger partial charge in [0.05, 0.1) is 12.0 Å². The summed E-state index contributed by atoms with van der Waals surface area (Å²) in [5.74, 6) is -1.01. The van der Waals surface area contributed by atoms with Gasteiger partial charge in [-0.25, -0.2) is 18.0 Å². The molecule has 25 heavy (non-hydrogen) atoms. The van der Waals surface area contributed by atoms with Gasteiger partial charge in [-0.3, -0.25) is 0 Å². The smallest absolute Gasteiger partial charge is 0.350 e. The molecule has 134 valence electrons. The van der Waals surface area contributed by atoms with E-state index in [0.717, 1.165) is 17.2 Å². The van der Waals surface area contributed by atoms with Crippen molar-refractivity contribution in [2.24, 2.45) is 0 Å². The molecule has 3 rings (SSSR count). The average Bonchev–Trinajstić information content (AvgIpc) is 2.60. The first-order valence-electron chi connectivity index (χ1n) is 7.67. The fraction of sp³-hybridized carbons (Fsp3) is 0.375. The second kappa shape index (κ2) is 6.85. The van der Waals surface area contributed by atoms with Gasteiger partial charge in [-0.05, 0) is 37.1 Å². The van der Waals surface area contributed by atoms with Gasteiger partial charge in [0.25, 0.3) is 0 Å². The Labute approximate surface area is 144 Å². The highest BCUT2D eigenvalue weighted by Gasteiger charge is 2.45. The van der Waals surface area contributed by atoms with Crippen LogP contribution in [0.15, 0.2) is 41.3 Å². The molecule has 0 saturated carbocycles. The molecule has 1 fully saturated rings. The number of ether oxygens (including phenoxy) is 2. The number of carbonyl (C=O) groups excluding carboxylic acids is 2. The first kappa shape index (κ1) is 17.4. The van der Waals surface area contributed by atoms with Crippen LogP contribution in [0.2, 0.25) is 0 Å². The topological polar surface area (TPSA) is 99.2 Å². The number of fused-ring (bicyclic) bond motifs is 1. The number of rotatable bonds is 3. The third kappa shape index (κ3) is 3.52. The van der Waals surface area contributed by atoms with Crippen molar-refractivity contribution >= 4 is 21.8 Å². The number of carbonyl (C=O) groups is 2. The van der Waals surface area contributed by atoms with Crippen LogP contribution in [0, 0.1) is 0 Å². The molecule has 0 bridgehead atoms. The van der Waals surface area contributed by atoms with Crippen molar-refractivity contribution in [1.82, 2.24) is 5.06 Å². The molecule has 2 atom stereocenters. The van der Waals surface area contributed by atoms with Gasteiger partial charge in [0.15, 0.2) is 9.84 Å². The average molecular weight is 367 g/mol. The zero-order valence-electron chi connectivity index (χ0n) is 13.5. The Bertz CT molecular complexity index is 800. The van der Waals surface area contributed by atoms with E-state index in [2.05, 4.69) is 0 Å². The Kier molecular flexibility index (Phi) is 4.78. The minimum Gasteiger partial charge on any atom is -0.497 e. The first-order valence-corrected chi connectivity index (χ1v) is 9.21. The van der Waals surface area contributed by atoms with Crippen LogP contribution in [0.1, 0.15) is 12.8 Å². The molecular formula is C16H17NO7S. The number of nitrogens with zero attached hydrogens (tertiary/aromatic N) is 1. The summed E-state index contributed by atoms with van der Waals surface area (Å²) in [5.41, 5.74) is 0. The number of methoxy groups -OCH3 is 1. The van der Waals surface area contributed by atoms with Crippen LogP contribution >= 0.6 is 0 Å². The lowest BCUT2D eigenvalue weighted by atomic mass is 10.1. The van der Waals surface area contributed by atoms with Gasteiger partial charge in [-0.2, -0.15) is 0 Å². The molecule has 2 aliphatic heterocycles. The molecule has 0 aromatic heterocycles. The monoisotopic (exact) mass is 367 g/mol. The van der Waals surface area contributed by atoms with Crippen LogP contribution < -0.4 is 4.74 Å². The summed E-state index contributed by atoms with van der Waals surface area (Å²) < 4.78 is 36.3. The van der Waals surface area contributed by atoms with Crippen LogP contribution in [-0.2, 0) is 29.0 Å². The van der Waals surface area contributed by atoms with Crippen molar-refractivity contribution in [1.29, 1.82) is 0 Å². The standard InChI is InChI=1S/C16H17NO7S/c1-22-11-4-6-12(7-5-11)25(20,21)13-3-2-10-17-16(13)23-14(18)8-9-15(19)24-17/h4-9,13,16H,2-3,10H2,1H3/b9-8-. The van der Waals surface area contributed by atoms with E-state index >= 15 is 0 Å². The van der Waals surface area contributed by atoms with Gasteiger partial charge >= 0.3 is 11.9 Å². The van der Waals surface area contributed by atoms with Crippen molar-refractivity contribution in [3.05, 3.63) is 36.4 Å². The van der Waals surface area contributed by atoms with Crippen LogP contribution in [0.25, 0.3) is 0 Å². The number of benzene rings is 1. The molecular weight excluding hydrogens is 350 g/mol. The summed E-state index contributed by atoms with van der Waals surface area (Å²) in [5, 5.41) is 0.0804. The molecule has 2 heterocycles. The Morgan fingerprint density at radius 1 is 1.12 bits per heavy atom. The highest BCUT2D eigenvalue weighted by molar-refractivity contribution is 7.92. The number of hydroxylamine groups is 2. The van der Waals surface area contributed by atoms with Gasteiger partial charge in [-0.1, -0.05) is 5.06 Å². The van der Waals surface area contributed by atoms with Crippen molar-refractivity contribution in [2.75, 3.05) is 13.7 Å². The lowest BCUT2D eigenvalue weighted by Crippen LogP contribution is -2.54. The predicted molar refractivity (Wildman–Crippen MR) is 85.0 cm³/mol. The molecule has 1 aromatic rings. The highest BCUT2D eigenvalue weighted by atomic mass is 32.2. The maximum Gasteiger partial charge on any atom is 0.350 e. The normalized spacial score (nSPS) is 25.8. The van der Waals surface area contributed by atoms with Gasteiger partial charge in [-0.15, -0.1) is 0 Å². The molecule has 8 nitrogen and oxygen atoms in total. The molecule has 0 radical (unpaired) electrons. The van der Waals surface area contributed by atoms with E-state index in [1.807, 2.05) is 0 Å². The fourth-order valence-electron chi connectivity index (χ4n) is 2.82. The van der Waals surface area contributed by atoms with Crippen LogP contribution in [0.3, 0.4) is 0 Å². The largest absolute Gasteiger partial charge is 0.497 e. The minimum atomic E-state index is -3.82. The third-order valence-electron chi connectivity index (χ3n) is 4.06. The molecule has 0 spiro atoms. The van der Waals surface area contributed by atoms with Crippen LogP contribution in [-0.4, -0.2) is 50.6 Å². The van der Waals surface area contributed by atoms with Crippen molar-refractivity contribution < 1.29 is 32.3 Å². The number of sulfone groups is 1. The number of piperidine rings is 1. The van der Waals surface area contributed by atoms with Gasteiger partial charge < -0.3 is 14.3 Å². The van der Waals surface area contributed by atoms with Gasteiger partial charge in [0.2, 0.25) is 6.23 Å². The summed E-state index contributed by atoms with van der Waals surface area (Å²) >= 11 is 0. The summed E-state index contributed by atoms with van der Waals surface area (Å²) in [6.45, 7) is 0.284. The SMILES string of the molecule is COc1ccc(S(=O)(=O)C2CCCN3OC(=O)/C=C\C(=O)OC23)cc1. The van der Waals surface area contributed by atoms with E-state index < -0.39 is 33.3 Å². The molecule has 0 amide bonds. The molecule has 0 aliphatic carbocycles. The van der Waals surface area contributed by atoms with Crippen LogP contribution in [0.4, 0.5) is 0 Å². The van der Waals surface area contributed by atoms with E-state index in [-0.39, 0.29) is 17.9 Å². The molecule has 2 unspecified atom stereocenters. The zero-order valence-corrected chi connectivity index (χ0v) is 14.3. The van der Waals surface area contributed by atoms with Crippen molar-refractivity contribution in [2.45, 2.75) is 29.2 Å². The number of hydrogen-bond acceptors (Lipinski definition) is 8. The minimum absolute atomic E-state index is 0.0835. The molecule has 1 saturated heterocycles. The van der Waals surface area contributed by atoms with E-state index in [1.54, 1.807) is 12.1 Å². The lowest BCUT2D eigenvalue weighted by Gasteiger charge is -2.38. The van der Waals surface area contributed by atoms with E-state index in [0.29, 0.717) is 12.2 Å². The van der Waals surface area contributed by atoms with Crippen LogP contribution in [0.5, 0.6) is 5.75 Å². The second-order valence-electron chi connectivity index (χ2n) is 5.61. The molecule has 9 heteroatoms. The summed E-state index contributed by atoms with van der Waals surface area (Å²) in [7, 11) is -2.33. The quantitative estimate of drug-likeness (QED) is 0.725. The van der Waals surface area contributed by atoms with E-state index in [4.69, 9.17) is 14.3 Å². The Morgan fingerprint density at radius 2 is 1.80 bits per heavy atom. The highest BCUT2D eigenvalue weighted by Crippen LogP contribution is 2.31. The Balaban J connectivity index is 1.94. The van der Waals surface area contributed by atoms with E-state index in [9.17, 15) is 18.0 Å². The number of hydrogen-bond donors (Lipinski definition) is 0. The molecule has 0 N–H and O–H groups in total. The van der Waals surface area contributed by atoms with E-state index in [1.165, 1.54) is 19.2 Å². The Morgan fingerprint density at radius 3 is 2.48 bits per heavy atom. The zero-order chi connectivity index (χ0) is 18.0. The lowest BCUT2D eigenvalue weighted by molar-refractivity contribution is -0.245. The van der Waals surface area contributed by atoms with Gasteiger partial charge in [0, 0.05) is 18.7 Å². The molecule has 2 aliphatic rings. The first-order chi connectivity index (χ1) is 11.9. The molecule has 1 aromatic carbocycles. The third-order valence-corrected chi connectivity index (χ3v) is 6.25. The fourth-order valence-corrected chi connectivity index (χ4v) is 4.66. The maximum absolute atomic E-state index is 13.0. The van der Waals surface area contributed by atoms with Gasteiger partial charge in [0.1, 0.15) is 11.0 Å².